The summed E-state index contributed by atoms with van der Waals surface area (Å²) in [7, 11) is 0. The van der Waals surface area contributed by atoms with Gasteiger partial charge in [0.15, 0.2) is 18.3 Å². The van der Waals surface area contributed by atoms with E-state index in [-0.39, 0.29) is 18.8 Å². The largest absolute Gasteiger partial charge is 0.452 e. The number of carbonyl (C=O) groups is 3. The molecule has 0 N–H and O–H groups in total. The maximum atomic E-state index is 13.7. The lowest BCUT2D eigenvalue weighted by Gasteiger charge is -2.44. The standard InChI is InChI=1S/C40H34O8S/c41-37(29-18-8-2-9-19-29)46-34-33(27-44-26-28-16-6-1-7-17-28)45-40(49-32-24-14-5-15-25-32)36(48-39(43)31-22-12-4-13-23-31)35(34)47-38(42)30-20-10-3-11-21-30/h1-25,33-36,40H,26-27H2/t33-,34-,35+,36-,40+/m1/s1. The summed E-state index contributed by atoms with van der Waals surface area (Å²) in [6.07, 6.45) is -4.63. The molecular weight excluding hydrogens is 640 g/mol. The number of hydrogen-bond donors (Lipinski definition) is 0. The van der Waals surface area contributed by atoms with Crippen molar-refractivity contribution in [3.05, 3.63) is 174 Å². The fourth-order valence-electron chi connectivity index (χ4n) is 5.31. The number of thioether (sulfide) groups is 1. The molecule has 0 radical (unpaired) electrons. The lowest BCUT2D eigenvalue weighted by atomic mass is 9.98. The second kappa shape index (κ2) is 16.7. The van der Waals surface area contributed by atoms with E-state index >= 15 is 0 Å². The van der Waals surface area contributed by atoms with Crippen LogP contribution in [-0.2, 0) is 30.3 Å². The van der Waals surface area contributed by atoms with Gasteiger partial charge in [-0.25, -0.2) is 14.4 Å². The van der Waals surface area contributed by atoms with Crippen LogP contribution in [0, 0.1) is 0 Å². The van der Waals surface area contributed by atoms with E-state index in [9.17, 15) is 14.4 Å². The van der Waals surface area contributed by atoms with Gasteiger partial charge < -0.3 is 23.7 Å². The highest BCUT2D eigenvalue weighted by atomic mass is 32.2. The topological polar surface area (TPSA) is 97.4 Å². The summed E-state index contributed by atoms with van der Waals surface area (Å²) in [6, 6.07) is 44.5. The minimum atomic E-state index is -1.28. The van der Waals surface area contributed by atoms with Gasteiger partial charge in [0.25, 0.3) is 0 Å². The second-order valence-corrected chi connectivity index (χ2v) is 12.4. The van der Waals surface area contributed by atoms with Crippen molar-refractivity contribution in [2.45, 2.75) is 41.4 Å². The molecule has 1 aliphatic heterocycles. The van der Waals surface area contributed by atoms with Crippen molar-refractivity contribution in [1.29, 1.82) is 0 Å². The van der Waals surface area contributed by atoms with Gasteiger partial charge in [-0.2, -0.15) is 0 Å². The number of benzene rings is 5. The first-order valence-electron chi connectivity index (χ1n) is 15.8. The number of ether oxygens (including phenoxy) is 5. The third kappa shape index (κ3) is 9.03. The first-order chi connectivity index (χ1) is 24.0. The zero-order chi connectivity index (χ0) is 33.8. The van der Waals surface area contributed by atoms with Crippen LogP contribution in [0.25, 0.3) is 0 Å². The van der Waals surface area contributed by atoms with E-state index in [4.69, 9.17) is 23.7 Å². The Balaban J connectivity index is 1.39. The van der Waals surface area contributed by atoms with E-state index in [1.54, 1.807) is 91.0 Å². The SMILES string of the molecule is O=C(O[C@@H]1[C@@H](OC(=O)c2ccccc2)[C@H](Sc2ccccc2)O[C@H](COCc2ccccc2)[C@H]1OC(=O)c1ccccc1)c1ccccc1. The number of rotatable bonds is 12. The molecule has 1 saturated heterocycles. The first kappa shape index (κ1) is 33.7. The lowest BCUT2D eigenvalue weighted by molar-refractivity contribution is -0.211. The molecule has 0 bridgehead atoms. The van der Waals surface area contributed by atoms with Gasteiger partial charge in [-0.05, 0) is 54.1 Å². The Bertz CT molecular complexity index is 1790. The molecule has 0 aliphatic carbocycles. The molecule has 0 spiro atoms. The van der Waals surface area contributed by atoms with E-state index in [0.717, 1.165) is 10.5 Å². The maximum absolute atomic E-state index is 13.7. The monoisotopic (exact) mass is 674 g/mol. The van der Waals surface area contributed by atoms with Gasteiger partial charge in [0.1, 0.15) is 11.5 Å². The molecule has 0 amide bonds. The highest BCUT2D eigenvalue weighted by molar-refractivity contribution is 7.99. The number of carbonyl (C=O) groups excluding carboxylic acids is 3. The first-order valence-corrected chi connectivity index (χ1v) is 16.7. The quantitative estimate of drug-likeness (QED) is 0.0991. The van der Waals surface area contributed by atoms with Crippen molar-refractivity contribution in [2.24, 2.45) is 0 Å². The zero-order valence-electron chi connectivity index (χ0n) is 26.4. The van der Waals surface area contributed by atoms with E-state index in [1.165, 1.54) is 11.8 Å². The summed E-state index contributed by atoms with van der Waals surface area (Å²) in [5, 5.41) is 0. The molecule has 5 aromatic rings. The van der Waals surface area contributed by atoms with Gasteiger partial charge in [-0.3, -0.25) is 0 Å². The summed E-state index contributed by atoms with van der Waals surface area (Å²) < 4.78 is 31.3. The molecule has 5 atom stereocenters. The van der Waals surface area contributed by atoms with Gasteiger partial charge in [0.2, 0.25) is 0 Å². The minimum Gasteiger partial charge on any atom is -0.452 e. The highest BCUT2D eigenvalue weighted by Gasteiger charge is 2.53. The maximum Gasteiger partial charge on any atom is 0.338 e. The Hall–Kier alpha value is -5.22. The minimum absolute atomic E-state index is 0.0216. The van der Waals surface area contributed by atoms with Crippen LogP contribution in [0.2, 0.25) is 0 Å². The molecule has 49 heavy (non-hydrogen) atoms. The van der Waals surface area contributed by atoms with E-state index < -0.39 is 47.8 Å². The summed E-state index contributed by atoms with van der Waals surface area (Å²) >= 11 is 1.30. The Morgan fingerprint density at radius 1 is 0.510 bits per heavy atom. The summed E-state index contributed by atoms with van der Waals surface area (Å²) in [6.45, 7) is 0.240. The van der Waals surface area contributed by atoms with Crippen LogP contribution >= 0.6 is 11.8 Å². The van der Waals surface area contributed by atoms with Crippen LogP contribution in [-0.4, -0.2) is 54.4 Å². The number of esters is 3. The average molecular weight is 675 g/mol. The normalized spacial score (nSPS) is 20.1. The van der Waals surface area contributed by atoms with Crippen LogP contribution in [0.1, 0.15) is 36.6 Å². The lowest BCUT2D eigenvalue weighted by Crippen LogP contribution is -2.61. The van der Waals surface area contributed by atoms with Crippen LogP contribution in [0.5, 0.6) is 0 Å². The molecule has 9 heteroatoms. The molecule has 8 nitrogen and oxygen atoms in total. The molecule has 0 unspecified atom stereocenters. The van der Waals surface area contributed by atoms with Crippen LogP contribution < -0.4 is 0 Å². The van der Waals surface area contributed by atoms with Gasteiger partial charge in [0.05, 0.1) is 29.9 Å². The predicted octanol–water partition coefficient (Wildman–Crippen LogP) is 7.40. The highest BCUT2D eigenvalue weighted by Crippen LogP contribution is 2.38. The Kier molecular flexibility index (Phi) is 11.5. The molecule has 0 aromatic heterocycles. The average Bonchev–Trinajstić information content (AvgIpc) is 3.16. The fourth-order valence-corrected chi connectivity index (χ4v) is 6.43. The van der Waals surface area contributed by atoms with Crippen molar-refractivity contribution >= 4 is 29.7 Å². The van der Waals surface area contributed by atoms with Crippen molar-refractivity contribution in [3.8, 4) is 0 Å². The van der Waals surface area contributed by atoms with Gasteiger partial charge in [0, 0.05) is 4.90 Å². The van der Waals surface area contributed by atoms with Crippen LogP contribution in [0.4, 0.5) is 0 Å². The molecule has 248 valence electrons. The molecule has 1 heterocycles. The predicted molar refractivity (Wildman–Crippen MR) is 184 cm³/mol. The molecule has 1 fully saturated rings. The molecular formula is C40H34O8S. The van der Waals surface area contributed by atoms with Crippen molar-refractivity contribution < 1.29 is 38.1 Å². The third-order valence-corrected chi connectivity index (χ3v) is 8.89. The summed E-state index contributed by atoms with van der Waals surface area (Å²) in [5.74, 6) is -1.99. The van der Waals surface area contributed by atoms with Crippen LogP contribution in [0.15, 0.2) is 157 Å². The smallest absolute Gasteiger partial charge is 0.338 e. The molecule has 5 aromatic carbocycles. The number of hydrogen-bond acceptors (Lipinski definition) is 9. The molecule has 0 saturated carbocycles. The van der Waals surface area contributed by atoms with Crippen molar-refractivity contribution in [1.82, 2.24) is 0 Å². The Morgan fingerprint density at radius 3 is 1.41 bits per heavy atom. The summed E-state index contributed by atoms with van der Waals surface area (Å²) in [4.78, 5) is 41.7. The Morgan fingerprint density at radius 2 is 0.918 bits per heavy atom. The summed E-state index contributed by atoms with van der Waals surface area (Å²) in [5.41, 5.74) is 0.913. The van der Waals surface area contributed by atoms with Crippen molar-refractivity contribution in [2.75, 3.05) is 6.61 Å². The zero-order valence-corrected chi connectivity index (χ0v) is 27.2. The van der Waals surface area contributed by atoms with Crippen LogP contribution in [0.3, 0.4) is 0 Å². The second-order valence-electron chi connectivity index (χ2n) is 11.2. The molecule has 1 aliphatic rings. The van der Waals surface area contributed by atoms with Gasteiger partial charge in [-0.15, -0.1) is 0 Å². The Labute approximate surface area is 288 Å². The van der Waals surface area contributed by atoms with Crippen molar-refractivity contribution in [3.63, 3.8) is 0 Å². The van der Waals surface area contributed by atoms with E-state index in [1.807, 2.05) is 60.7 Å². The van der Waals surface area contributed by atoms with E-state index in [2.05, 4.69) is 0 Å². The fraction of sp³-hybridized carbons (Fsp3) is 0.175. The molecule has 6 rings (SSSR count). The van der Waals surface area contributed by atoms with Gasteiger partial charge in [-0.1, -0.05) is 115 Å². The van der Waals surface area contributed by atoms with E-state index in [0.29, 0.717) is 11.1 Å². The van der Waals surface area contributed by atoms with Gasteiger partial charge >= 0.3 is 17.9 Å². The third-order valence-electron chi connectivity index (χ3n) is 7.74.